The van der Waals surface area contributed by atoms with E-state index in [1.54, 1.807) is 12.1 Å². The van der Waals surface area contributed by atoms with E-state index in [0.717, 1.165) is 22.4 Å². The predicted molar refractivity (Wildman–Crippen MR) is 223 cm³/mol. The molecule has 4 amide bonds. The second kappa shape index (κ2) is 24.6. The maximum atomic E-state index is 14.2. The van der Waals surface area contributed by atoms with Crippen molar-refractivity contribution in [2.45, 2.75) is 63.2 Å². The molecule has 3 rings (SSSR count). The molecule has 0 aromatic heterocycles. The zero-order valence-corrected chi connectivity index (χ0v) is 33.7. The Hall–Kier alpha value is -4.85. The van der Waals surface area contributed by atoms with Crippen molar-refractivity contribution in [2.75, 3.05) is 42.2 Å². The van der Waals surface area contributed by atoms with Crippen LogP contribution < -0.4 is 37.6 Å². The third kappa shape index (κ3) is 16.1. The van der Waals surface area contributed by atoms with E-state index in [1.807, 2.05) is 77.7 Å². The molecule has 13 nitrogen and oxygen atoms in total. The lowest BCUT2D eigenvalue weighted by Crippen LogP contribution is -2.59. The Morgan fingerprint density at radius 1 is 0.625 bits per heavy atom. The zero-order valence-electron chi connectivity index (χ0n) is 31.4. The number of halogens is 3. The van der Waals surface area contributed by atoms with Gasteiger partial charge < -0.3 is 37.6 Å². The summed E-state index contributed by atoms with van der Waals surface area (Å²) in [5.41, 5.74) is 14.0. The third-order valence-corrected chi connectivity index (χ3v) is 9.36. The predicted octanol–water partition coefficient (Wildman–Crippen LogP) is 2.82. The van der Waals surface area contributed by atoms with E-state index < -0.39 is 53.6 Å². The minimum atomic E-state index is -1.16. The van der Waals surface area contributed by atoms with Crippen molar-refractivity contribution in [1.82, 2.24) is 21.3 Å². The molecule has 8 N–H and O–H groups in total. The molecule has 0 spiro atoms. The van der Waals surface area contributed by atoms with E-state index >= 15 is 0 Å². The molecule has 302 valence electrons. The Morgan fingerprint density at radius 3 is 1.46 bits per heavy atom. The highest BCUT2D eigenvalue weighted by molar-refractivity contribution is 6.28. The number of alkyl halides is 3. The quantitative estimate of drug-likeness (QED) is 0.0343. The molecule has 3 aromatic rings. The lowest BCUT2D eigenvalue weighted by molar-refractivity contribution is -0.134. The van der Waals surface area contributed by atoms with Crippen LogP contribution in [0.25, 0.3) is 0 Å². The maximum Gasteiger partial charge on any atom is 0.243 e. The van der Waals surface area contributed by atoms with Gasteiger partial charge in [0.2, 0.25) is 23.6 Å². The number of carbonyl (C=O) groups is 5. The molecule has 0 unspecified atom stereocenters. The normalized spacial score (nSPS) is 12.9. The molecular weight excluding hydrogens is 779 g/mol. The van der Waals surface area contributed by atoms with E-state index in [1.165, 1.54) is 6.92 Å². The molecule has 0 fully saturated rings. The first-order valence-corrected chi connectivity index (χ1v) is 19.9. The summed E-state index contributed by atoms with van der Waals surface area (Å²) in [7, 11) is 0. The molecule has 0 aliphatic carbocycles. The zero-order chi connectivity index (χ0) is 40.9. The second-order valence-electron chi connectivity index (χ2n) is 13.1. The number of nitrogens with one attached hydrogen (secondary N) is 4. The minimum absolute atomic E-state index is 0.0781. The number of hydrogen-bond acceptors (Lipinski definition) is 7. The van der Waals surface area contributed by atoms with Crippen molar-refractivity contribution >= 4 is 75.9 Å². The first-order valence-electron chi connectivity index (χ1n) is 18.3. The van der Waals surface area contributed by atoms with Crippen LogP contribution >= 0.6 is 34.8 Å². The van der Waals surface area contributed by atoms with E-state index in [-0.39, 0.29) is 44.1 Å². The SMILES string of the molecule is CC(=O)N[C@@H](Cc1ccc(N(CCCl)CCCl)cc1)C(=O)N[C@H](Cc1ccccc1)C(=O)N[C@@H](Cc1ccccc1)C(=O)N[C@@H](CCCN=C(N)N)C(=O)CCl. The van der Waals surface area contributed by atoms with Crippen LogP contribution in [0.3, 0.4) is 0 Å². The summed E-state index contributed by atoms with van der Waals surface area (Å²) in [6, 6.07) is 21.4. The number of rotatable bonds is 24. The number of guanidine groups is 1. The summed E-state index contributed by atoms with van der Waals surface area (Å²) in [5, 5.41) is 11.1. The first-order chi connectivity index (χ1) is 26.9. The van der Waals surface area contributed by atoms with Crippen LogP contribution in [0.1, 0.15) is 36.5 Å². The molecule has 0 bridgehead atoms. The van der Waals surface area contributed by atoms with Gasteiger partial charge in [0.25, 0.3) is 0 Å². The van der Waals surface area contributed by atoms with Gasteiger partial charge in [-0.05, 0) is 41.7 Å². The number of nitrogens with zero attached hydrogens (tertiary/aromatic N) is 2. The smallest absolute Gasteiger partial charge is 0.243 e. The summed E-state index contributed by atoms with van der Waals surface area (Å²) < 4.78 is 0. The van der Waals surface area contributed by atoms with Gasteiger partial charge in [0.15, 0.2) is 11.7 Å². The van der Waals surface area contributed by atoms with Crippen molar-refractivity contribution in [1.29, 1.82) is 0 Å². The highest BCUT2D eigenvalue weighted by atomic mass is 35.5. The molecular formula is C40H51Cl3N8O5. The number of amides is 4. The minimum Gasteiger partial charge on any atom is -0.370 e. The summed E-state index contributed by atoms with van der Waals surface area (Å²) in [6.07, 6.45) is 0.882. The average Bonchev–Trinajstić information content (AvgIpc) is 3.18. The Labute approximate surface area is 343 Å². The number of ketones is 1. The third-order valence-electron chi connectivity index (χ3n) is 8.76. The molecule has 3 aromatic carbocycles. The number of aliphatic imine (C=N–C) groups is 1. The van der Waals surface area contributed by atoms with Gasteiger partial charge in [0.1, 0.15) is 18.1 Å². The Kier molecular flexibility index (Phi) is 20.0. The van der Waals surface area contributed by atoms with Gasteiger partial charge in [-0.15, -0.1) is 34.8 Å². The lowest BCUT2D eigenvalue weighted by atomic mass is 10.0. The van der Waals surface area contributed by atoms with E-state index in [2.05, 4.69) is 26.3 Å². The number of Topliss-reactive ketones (excluding diaryl/α,β-unsaturated/α-hetero) is 1. The molecule has 0 aliphatic heterocycles. The highest BCUT2D eigenvalue weighted by Crippen LogP contribution is 2.17. The molecule has 0 heterocycles. The van der Waals surface area contributed by atoms with Crippen molar-refractivity contribution in [3.05, 3.63) is 102 Å². The van der Waals surface area contributed by atoms with Crippen LogP contribution in [0, 0.1) is 0 Å². The van der Waals surface area contributed by atoms with Gasteiger partial charge in [-0.2, -0.15) is 0 Å². The topological polar surface area (TPSA) is 201 Å². The van der Waals surface area contributed by atoms with E-state index in [4.69, 9.17) is 46.3 Å². The van der Waals surface area contributed by atoms with Crippen LogP contribution in [-0.4, -0.2) is 96.8 Å². The second-order valence-corrected chi connectivity index (χ2v) is 14.1. The number of benzene rings is 3. The molecule has 56 heavy (non-hydrogen) atoms. The fourth-order valence-corrected chi connectivity index (χ4v) is 6.55. The van der Waals surface area contributed by atoms with Crippen LogP contribution in [0.4, 0.5) is 5.69 Å². The van der Waals surface area contributed by atoms with E-state index in [9.17, 15) is 24.0 Å². The summed E-state index contributed by atoms with van der Waals surface area (Å²) >= 11 is 17.9. The Morgan fingerprint density at radius 2 is 1.05 bits per heavy atom. The van der Waals surface area contributed by atoms with Crippen LogP contribution in [-0.2, 0) is 43.2 Å². The molecule has 0 radical (unpaired) electrons. The number of hydrogen-bond donors (Lipinski definition) is 6. The molecule has 0 aliphatic rings. The maximum absolute atomic E-state index is 14.2. The van der Waals surface area contributed by atoms with Crippen LogP contribution in [0.15, 0.2) is 89.9 Å². The van der Waals surface area contributed by atoms with E-state index in [0.29, 0.717) is 31.3 Å². The lowest BCUT2D eigenvalue weighted by Gasteiger charge is -2.27. The summed E-state index contributed by atoms with van der Waals surface area (Å²) in [5.74, 6) is -2.28. The Bertz CT molecular complexity index is 1720. The van der Waals surface area contributed by atoms with Gasteiger partial charge in [-0.25, -0.2) is 0 Å². The molecule has 16 heteroatoms. The number of nitrogens with two attached hydrogens (primary N) is 2. The average molecular weight is 830 g/mol. The molecule has 0 saturated heterocycles. The van der Waals surface area contributed by atoms with Gasteiger partial charge in [-0.3, -0.25) is 29.0 Å². The van der Waals surface area contributed by atoms with Gasteiger partial charge in [0, 0.05) is 63.3 Å². The van der Waals surface area contributed by atoms with Gasteiger partial charge in [-0.1, -0.05) is 72.8 Å². The Balaban J connectivity index is 1.88. The molecule has 0 saturated carbocycles. The monoisotopic (exact) mass is 828 g/mol. The standard InChI is InChI=1S/C40H51Cl3N8O5/c1-27(52)47-33(25-30-14-16-31(17-15-30)51(21-18-41)22-19-42)37(54)49-35(24-29-11-6-3-7-12-29)39(56)50-34(23-28-9-4-2-5-10-28)38(55)48-32(36(53)26-43)13-8-20-46-40(44)45/h2-7,9-12,14-17,32-35H,8,13,18-26H2,1H3,(H,47,52)(H,48,55)(H,49,54)(H,50,56)(H4,44,45,46)/t32-,33-,34-,35+/m0/s1. The number of anilines is 1. The van der Waals surface area contributed by atoms with Crippen molar-refractivity contribution in [3.63, 3.8) is 0 Å². The van der Waals surface area contributed by atoms with Crippen molar-refractivity contribution in [2.24, 2.45) is 16.5 Å². The van der Waals surface area contributed by atoms with Crippen molar-refractivity contribution < 1.29 is 24.0 Å². The highest BCUT2D eigenvalue weighted by Gasteiger charge is 2.31. The van der Waals surface area contributed by atoms with Crippen LogP contribution in [0.5, 0.6) is 0 Å². The van der Waals surface area contributed by atoms with Crippen LogP contribution in [0.2, 0.25) is 0 Å². The fraction of sp³-hybridized carbons (Fsp3) is 0.400. The largest absolute Gasteiger partial charge is 0.370 e. The number of carbonyl (C=O) groups excluding carboxylic acids is 5. The molecule has 4 atom stereocenters. The fourth-order valence-electron chi connectivity index (χ4n) is 5.95. The van der Waals surface area contributed by atoms with Gasteiger partial charge in [0.05, 0.1) is 11.9 Å². The van der Waals surface area contributed by atoms with Gasteiger partial charge >= 0.3 is 0 Å². The summed E-state index contributed by atoms with van der Waals surface area (Å²) in [4.78, 5) is 73.1. The van der Waals surface area contributed by atoms with Crippen molar-refractivity contribution in [3.8, 4) is 0 Å². The first kappa shape index (κ1) is 45.5. The summed E-state index contributed by atoms with van der Waals surface area (Å²) in [6.45, 7) is 2.76.